The van der Waals surface area contributed by atoms with Gasteiger partial charge >= 0.3 is 6.03 Å². The quantitative estimate of drug-likeness (QED) is 0.854. The highest BCUT2D eigenvalue weighted by molar-refractivity contribution is 5.89. The lowest BCUT2D eigenvalue weighted by molar-refractivity contribution is 0.189. The van der Waals surface area contributed by atoms with E-state index in [9.17, 15) is 9.18 Å². The molecule has 0 spiro atoms. The predicted octanol–water partition coefficient (Wildman–Crippen LogP) is 4.98. The van der Waals surface area contributed by atoms with Crippen molar-refractivity contribution in [2.24, 2.45) is 0 Å². The third-order valence-corrected chi connectivity index (χ3v) is 4.57. The number of benzene rings is 2. The van der Waals surface area contributed by atoms with Crippen molar-refractivity contribution in [2.75, 3.05) is 19.0 Å². The smallest absolute Gasteiger partial charge is 0.322 e. The highest BCUT2D eigenvalue weighted by Gasteiger charge is 2.27. The van der Waals surface area contributed by atoms with Crippen molar-refractivity contribution >= 4 is 11.7 Å². The Morgan fingerprint density at radius 2 is 2.00 bits per heavy atom. The number of rotatable bonds is 3. The topological polar surface area (TPSA) is 41.6 Å². The average molecular weight is 342 g/mol. The Bertz CT molecular complexity index is 735. The number of urea groups is 1. The van der Waals surface area contributed by atoms with Gasteiger partial charge in [0.05, 0.1) is 13.2 Å². The van der Waals surface area contributed by atoms with Gasteiger partial charge in [-0.05, 0) is 42.7 Å². The maximum atomic E-state index is 13.6. The standard InChI is InChI=1S/C20H23FN2O2/c1-25-18-10-6-9-17(14-18)22-20(24)23-12-4-2-3-11-19(23)15-7-5-8-16(21)13-15/h5-10,13-14,19H,2-4,11-12H2,1H3,(H,22,24)/t19-/m1/s1. The molecule has 1 atom stereocenters. The molecule has 5 heteroatoms. The summed E-state index contributed by atoms with van der Waals surface area (Å²) in [5.74, 6) is 0.422. The van der Waals surface area contributed by atoms with E-state index < -0.39 is 0 Å². The van der Waals surface area contributed by atoms with Crippen molar-refractivity contribution in [3.63, 3.8) is 0 Å². The summed E-state index contributed by atoms with van der Waals surface area (Å²) in [6.07, 6.45) is 3.91. The van der Waals surface area contributed by atoms with Crippen LogP contribution in [0.3, 0.4) is 0 Å². The van der Waals surface area contributed by atoms with Crippen LogP contribution in [-0.4, -0.2) is 24.6 Å². The first-order chi connectivity index (χ1) is 12.2. The van der Waals surface area contributed by atoms with E-state index in [0.29, 0.717) is 18.0 Å². The molecule has 1 heterocycles. The summed E-state index contributed by atoms with van der Waals surface area (Å²) < 4.78 is 18.8. The average Bonchev–Trinajstić information content (AvgIpc) is 2.88. The summed E-state index contributed by atoms with van der Waals surface area (Å²) in [4.78, 5) is 14.7. The zero-order valence-electron chi connectivity index (χ0n) is 14.4. The van der Waals surface area contributed by atoms with Crippen LogP contribution in [0.15, 0.2) is 48.5 Å². The first-order valence-corrected chi connectivity index (χ1v) is 8.64. The maximum absolute atomic E-state index is 13.6. The molecule has 1 N–H and O–H groups in total. The Labute approximate surface area is 147 Å². The zero-order chi connectivity index (χ0) is 17.6. The van der Waals surface area contributed by atoms with Crippen LogP contribution in [0.5, 0.6) is 5.75 Å². The molecular weight excluding hydrogens is 319 g/mol. The lowest BCUT2D eigenvalue weighted by Gasteiger charge is -2.30. The first-order valence-electron chi connectivity index (χ1n) is 8.64. The van der Waals surface area contributed by atoms with Gasteiger partial charge in [-0.1, -0.05) is 31.0 Å². The molecule has 1 aliphatic heterocycles. The van der Waals surface area contributed by atoms with Crippen molar-refractivity contribution < 1.29 is 13.9 Å². The van der Waals surface area contributed by atoms with Crippen LogP contribution in [0.2, 0.25) is 0 Å². The van der Waals surface area contributed by atoms with Gasteiger partial charge in [0, 0.05) is 18.3 Å². The molecule has 2 amide bonds. The van der Waals surface area contributed by atoms with E-state index in [1.807, 2.05) is 29.2 Å². The molecule has 2 aromatic carbocycles. The van der Waals surface area contributed by atoms with Crippen LogP contribution in [-0.2, 0) is 0 Å². The number of nitrogens with zero attached hydrogens (tertiary/aromatic N) is 1. The number of methoxy groups -OCH3 is 1. The molecule has 0 radical (unpaired) electrons. The molecule has 1 saturated heterocycles. The van der Waals surface area contributed by atoms with Gasteiger partial charge in [-0.3, -0.25) is 0 Å². The van der Waals surface area contributed by atoms with Crippen molar-refractivity contribution in [2.45, 2.75) is 31.7 Å². The summed E-state index contributed by atoms with van der Waals surface area (Å²) in [5.41, 5.74) is 1.54. The van der Waals surface area contributed by atoms with Gasteiger partial charge in [0.1, 0.15) is 11.6 Å². The van der Waals surface area contributed by atoms with Crippen molar-refractivity contribution in [1.82, 2.24) is 4.90 Å². The number of likely N-dealkylation sites (tertiary alicyclic amines) is 1. The van der Waals surface area contributed by atoms with Crippen molar-refractivity contribution in [3.05, 3.63) is 59.9 Å². The SMILES string of the molecule is COc1cccc(NC(=O)N2CCCCC[C@@H]2c2cccc(F)c2)c1. The highest BCUT2D eigenvalue weighted by Crippen LogP contribution is 2.31. The fraction of sp³-hybridized carbons (Fsp3) is 0.350. The summed E-state index contributed by atoms with van der Waals surface area (Å²) in [6.45, 7) is 0.664. The molecule has 25 heavy (non-hydrogen) atoms. The lowest BCUT2D eigenvalue weighted by atomic mass is 10.0. The van der Waals surface area contributed by atoms with Crippen LogP contribution in [0.1, 0.15) is 37.3 Å². The molecule has 1 aliphatic rings. The van der Waals surface area contributed by atoms with E-state index in [0.717, 1.165) is 31.2 Å². The summed E-state index contributed by atoms with van der Waals surface area (Å²) in [7, 11) is 1.59. The Hall–Kier alpha value is -2.56. The Morgan fingerprint density at radius 1 is 1.16 bits per heavy atom. The van der Waals surface area contributed by atoms with Gasteiger partial charge in [0.2, 0.25) is 0 Å². The normalized spacial score (nSPS) is 17.7. The molecule has 0 unspecified atom stereocenters. The van der Waals surface area contributed by atoms with E-state index in [-0.39, 0.29) is 17.9 Å². The van der Waals surface area contributed by atoms with Crippen LogP contribution in [0.4, 0.5) is 14.9 Å². The second-order valence-electron chi connectivity index (χ2n) is 6.28. The van der Waals surface area contributed by atoms with Gasteiger partial charge in [-0.2, -0.15) is 0 Å². The third kappa shape index (κ3) is 4.29. The maximum Gasteiger partial charge on any atom is 0.322 e. The third-order valence-electron chi connectivity index (χ3n) is 4.57. The fourth-order valence-corrected chi connectivity index (χ4v) is 3.31. The molecule has 3 rings (SSSR count). The molecule has 0 bridgehead atoms. The molecule has 132 valence electrons. The summed E-state index contributed by atoms with van der Waals surface area (Å²) in [5, 5.41) is 2.94. The van der Waals surface area contributed by atoms with Crippen molar-refractivity contribution in [3.8, 4) is 5.75 Å². The van der Waals surface area contributed by atoms with E-state index in [4.69, 9.17) is 4.74 Å². The number of carbonyl (C=O) groups is 1. The zero-order valence-corrected chi connectivity index (χ0v) is 14.4. The monoisotopic (exact) mass is 342 g/mol. The van der Waals surface area contributed by atoms with Gasteiger partial charge in [0.25, 0.3) is 0 Å². The fourth-order valence-electron chi connectivity index (χ4n) is 3.31. The molecule has 2 aromatic rings. The van der Waals surface area contributed by atoms with E-state index in [1.54, 1.807) is 19.2 Å². The van der Waals surface area contributed by atoms with Crippen LogP contribution in [0.25, 0.3) is 0 Å². The lowest BCUT2D eigenvalue weighted by Crippen LogP contribution is -2.38. The summed E-state index contributed by atoms with van der Waals surface area (Å²) in [6, 6.07) is 13.6. The first kappa shape index (κ1) is 17.3. The second-order valence-corrected chi connectivity index (χ2v) is 6.28. The Morgan fingerprint density at radius 3 is 2.80 bits per heavy atom. The molecule has 0 saturated carbocycles. The van der Waals surface area contributed by atoms with Crippen LogP contribution >= 0.6 is 0 Å². The molecule has 0 aliphatic carbocycles. The predicted molar refractivity (Wildman–Crippen MR) is 96.3 cm³/mol. The molecule has 0 aromatic heterocycles. The number of hydrogen-bond acceptors (Lipinski definition) is 2. The second kappa shape index (κ2) is 8.01. The number of ether oxygens (including phenoxy) is 1. The highest BCUT2D eigenvalue weighted by atomic mass is 19.1. The van der Waals surface area contributed by atoms with Gasteiger partial charge < -0.3 is 15.0 Å². The Kier molecular flexibility index (Phi) is 5.53. The minimum absolute atomic E-state index is 0.108. The molecule has 1 fully saturated rings. The largest absolute Gasteiger partial charge is 0.497 e. The number of nitrogens with one attached hydrogen (secondary N) is 1. The summed E-state index contributed by atoms with van der Waals surface area (Å²) >= 11 is 0. The van der Waals surface area contributed by atoms with Gasteiger partial charge in [-0.15, -0.1) is 0 Å². The molecular formula is C20H23FN2O2. The van der Waals surface area contributed by atoms with Gasteiger partial charge in [0.15, 0.2) is 0 Å². The van der Waals surface area contributed by atoms with E-state index in [2.05, 4.69) is 5.32 Å². The number of hydrogen-bond donors (Lipinski definition) is 1. The van der Waals surface area contributed by atoms with Crippen LogP contribution < -0.4 is 10.1 Å². The molecule has 4 nitrogen and oxygen atoms in total. The number of carbonyl (C=O) groups excluding carboxylic acids is 1. The van der Waals surface area contributed by atoms with E-state index >= 15 is 0 Å². The Balaban J connectivity index is 1.81. The number of amides is 2. The van der Waals surface area contributed by atoms with Gasteiger partial charge in [-0.25, -0.2) is 9.18 Å². The van der Waals surface area contributed by atoms with Crippen LogP contribution in [0, 0.1) is 5.82 Å². The van der Waals surface area contributed by atoms with Crippen molar-refractivity contribution in [1.29, 1.82) is 0 Å². The minimum Gasteiger partial charge on any atom is -0.497 e. The number of anilines is 1. The van der Waals surface area contributed by atoms with E-state index in [1.165, 1.54) is 12.1 Å². The minimum atomic E-state index is -0.269. The number of halogens is 1.